The molecule has 2 N–H and O–H groups in total. The summed E-state index contributed by atoms with van der Waals surface area (Å²) in [6.07, 6.45) is 6.29. The Hall–Kier alpha value is -0.900. The molecule has 2 fully saturated rings. The Morgan fingerprint density at radius 2 is 2.00 bits per heavy atom. The molecule has 1 aliphatic carbocycles. The second-order valence-electron chi connectivity index (χ2n) is 5.15. The van der Waals surface area contributed by atoms with Gasteiger partial charge in [0.05, 0.1) is 12.5 Å². The largest absolute Gasteiger partial charge is 0.303 e. The minimum Gasteiger partial charge on any atom is -0.303 e. The van der Waals surface area contributed by atoms with E-state index in [4.69, 9.17) is 0 Å². The molecular weight excluding hydrogens is 204 g/mol. The van der Waals surface area contributed by atoms with Crippen molar-refractivity contribution in [2.45, 2.75) is 57.5 Å². The summed E-state index contributed by atoms with van der Waals surface area (Å²) < 4.78 is 0. The summed E-state index contributed by atoms with van der Waals surface area (Å²) in [4.78, 5) is 22.5. The Labute approximate surface area is 96.2 Å². The maximum absolute atomic E-state index is 11.4. The lowest BCUT2D eigenvalue weighted by molar-refractivity contribution is -0.125. The maximum Gasteiger partial charge on any atom is 0.244 e. The highest BCUT2D eigenvalue weighted by atomic mass is 16.2. The molecule has 1 saturated heterocycles. The van der Waals surface area contributed by atoms with E-state index in [9.17, 15) is 9.59 Å². The summed E-state index contributed by atoms with van der Waals surface area (Å²) in [5, 5.41) is 5.67. The number of hydrogen-bond acceptors (Lipinski definition) is 3. The van der Waals surface area contributed by atoms with Gasteiger partial charge in [0.1, 0.15) is 0 Å². The van der Waals surface area contributed by atoms with E-state index in [0.29, 0.717) is 12.5 Å². The van der Waals surface area contributed by atoms with Crippen molar-refractivity contribution in [1.82, 2.24) is 10.6 Å². The Morgan fingerprint density at radius 3 is 2.69 bits per heavy atom. The minimum atomic E-state index is -0.286. The van der Waals surface area contributed by atoms with Crippen LogP contribution in [0.4, 0.5) is 0 Å². The summed E-state index contributed by atoms with van der Waals surface area (Å²) in [5.74, 6) is 0.498. The van der Waals surface area contributed by atoms with E-state index >= 15 is 0 Å². The molecular formula is C12H20N2O2. The molecule has 2 amide bonds. The van der Waals surface area contributed by atoms with Gasteiger partial charge in [0.2, 0.25) is 11.8 Å². The van der Waals surface area contributed by atoms with Crippen molar-refractivity contribution in [1.29, 1.82) is 0 Å². The zero-order valence-corrected chi connectivity index (χ0v) is 9.79. The second kappa shape index (κ2) is 4.95. The number of carbonyl (C=O) groups excluding carboxylic acids is 2. The van der Waals surface area contributed by atoms with Crippen LogP contribution < -0.4 is 10.6 Å². The van der Waals surface area contributed by atoms with Crippen LogP contribution in [0.25, 0.3) is 0 Å². The fraction of sp³-hybridized carbons (Fsp3) is 0.833. The predicted molar refractivity (Wildman–Crippen MR) is 60.7 cm³/mol. The van der Waals surface area contributed by atoms with Gasteiger partial charge in [0.25, 0.3) is 0 Å². The van der Waals surface area contributed by atoms with Crippen LogP contribution >= 0.6 is 0 Å². The van der Waals surface area contributed by atoms with Crippen molar-refractivity contribution in [3.8, 4) is 0 Å². The molecule has 0 aromatic heterocycles. The number of carbonyl (C=O) groups is 2. The number of amides is 2. The van der Waals surface area contributed by atoms with Crippen molar-refractivity contribution in [3.63, 3.8) is 0 Å². The smallest absolute Gasteiger partial charge is 0.244 e. The van der Waals surface area contributed by atoms with Crippen LogP contribution in [0.15, 0.2) is 0 Å². The standard InChI is InChI=1S/C12H20N2O2/c1-8-3-2-4-9(6-5-8)13-10-7-11(15)14-12(10)16/h8-10,13H,2-7H2,1H3,(H,14,15,16). The first-order valence-corrected chi connectivity index (χ1v) is 6.25. The van der Waals surface area contributed by atoms with E-state index in [1.807, 2.05) is 0 Å². The van der Waals surface area contributed by atoms with Crippen molar-refractivity contribution in [3.05, 3.63) is 0 Å². The van der Waals surface area contributed by atoms with Crippen molar-refractivity contribution in [2.24, 2.45) is 5.92 Å². The Bertz CT molecular complexity index is 291. The van der Waals surface area contributed by atoms with E-state index in [2.05, 4.69) is 17.6 Å². The van der Waals surface area contributed by atoms with Crippen LogP contribution in [0.5, 0.6) is 0 Å². The maximum atomic E-state index is 11.4. The number of rotatable bonds is 2. The topological polar surface area (TPSA) is 58.2 Å². The molecule has 1 heterocycles. The third-order valence-corrected chi connectivity index (χ3v) is 3.66. The predicted octanol–water partition coefficient (Wildman–Crippen LogP) is 0.960. The summed E-state index contributed by atoms with van der Waals surface area (Å²) in [7, 11) is 0. The quantitative estimate of drug-likeness (QED) is 0.542. The molecule has 16 heavy (non-hydrogen) atoms. The first-order chi connectivity index (χ1) is 7.65. The fourth-order valence-corrected chi connectivity index (χ4v) is 2.63. The first kappa shape index (κ1) is 11.6. The van der Waals surface area contributed by atoms with Gasteiger partial charge in [0, 0.05) is 6.04 Å². The lowest BCUT2D eigenvalue weighted by Gasteiger charge is -2.19. The van der Waals surface area contributed by atoms with Crippen molar-refractivity contribution in [2.75, 3.05) is 0 Å². The average Bonchev–Trinajstić information content (AvgIpc) is 2.43. The summed E-state index contributed by atoms with van der Waals surface area (Å²) in [6, 6.07) is 0.123. The monoisotopic (exact) mass is 224 g/mol. The van der Waals surface area contributed by atoms with E-state index < -0.39 is 0 Å². The van der Waals surface area contributed by atoms with Crippen LogP contribution in [0.3, 0.4) is 0 Å². The molecule has 0 spiro atoms. The minimum absolute atomic E-state index is 0.149. The molecule has 1 aliphatic heterocycles. The van der Waals surface area contributed by atoms with Crippen LogP contribution in [-0.4, -0.2) is 23.9 Å². The molecule has 3 unspecified atom stereocenters. The van der Waals surface area contributed by atoms with Gasteiger partial charge in [-0.3, -0.25) is 14.9 Å². The van der Waals surface area contributed by atoms with Crippen molar-refractivity contribution >= 4 is 11.8 Å². The van der Waals surface area contributed by atoms with Gasteiger partial charge in [-0.15, -0.1) is 0 Å². The molecule has 0 bridgehead atoms. The second-order valence-corrected chi connectivity index (χ2v) is 5.15. The average molecular weight is 224 g/mol. The van der Waals surface area contributed by atoms with E-state index in [0.717, 1.165) is 18.8 Å². The van der Waals surface area contributed by atoms with Crippen LogP contribution in [-0.2, 0) is 9.59 Å². The van der Waals surface area contributed by atoms with E-state index in [1.54, 1.807) is 0 Å². The number of nitrogens with one attached hydrogen (secondary N) is 2. The molecule has 0 radical (unpaired) electrons. The van der Waals surface area contributed by atoms with E-state index in [1.165, 1.54) is 19.3 Å². The highest BCUT2D eigenvalue weighted by Gasteiger charge is 2.32. The lowest BCUT2D eigenvalue weighted by Crippen LogP contribution is -2.42. The summed E-state index contributed by atoms with van der Waals surface area (Å²) in [5.41, 5.74) is 0. The summed E-state index contributed by atoms with van der Waals surface area (Å²) in [6.45, 7) is 2.29. The number of hydrogen-bond donors (Lipinski definition) is 2. The number of imide groups is 1. The normalized spacial score (nSPS) is 35.9. The van der Waals surface area contributed by atoms with Gasteiger partial charge < -0.3 is 5.32 Å². The molecule has 0 aromatic rings. The van der Waals surface area contributed by atoms with Gasteiger partial charge in [-0.1, -0.05) is 19.8 Å². The van der Waals surface area contributed by atoms with Crippen LogP contribution in [0, 0.1) is 5.92 Å². The molecule has 2 rings (SSSR count). The van der Waals surface area contributed by atoms with Gasteiger partial charge >= 0.3 is 0 Å². The molecule has 3 atom stereocenters. The Kier molecular flexibility index (Phi) is 3.59. The Morgan fingerprint density at radius 1 is 1.19 bits per heavy atom. The zero-order valence-electron chi connectivity index (χ0n) is 9.79. The summed E-state index contributed by atoms with van der Waals surface area (Å²) >= 11 is 0. The highest BCUT2D eigenvalue weighted by molar-refractivity contribution is 6.05. The molecule has 4 heteroatoms. The van der Waals surface area contributed by atoms with Crippen LogP contribution in [0.1, 0.15) is 45.4 Å². The molecule has 2 aliphatic rings. The molecule has 90 valence electrons. The molecule has 1 saturated carbocycles. The van der Waals surface area contributed by atoms with Gasteiger partial charge in [0.15, 0.2) is 0 Å². The SMILES string of the molecule is CC1CCCC(NC2CC(=O)NC2=O)CC1. The highest BCUT2D eigenvalue weighted by Crippen LogP contribution is 2.23. The lowest BCUT2D eigenvalue weighted by atomic mass is 10.0. The third-order valence-electron chi connectivity index (χ3n) is 3.66. The first-order valence-electron chi connectivity index (χ1n) is 6.25. The fourth-order valence-electron chi connectivity index (χ4n) is 2.63. The third kappa shape index (κ3) is 2.82. The van der Waals surface area contributed by atoms with Gasteiger partial charge in [-0.25, -0.2) is 0 Å². The van der Waals surface area contributed by atoms with E-state index in [-0.39, 0.29) is 17.9 Å². The molecule has 4 nitrogen and oxygen atoms in total. The van der Waals surface area contributed by atoms with Gasteiger partial charge in [-0.2, -0.15) is 0 Å². The molecule has 0 aromatic carbocycles. The van der Waals surface area contributed by atoms with Gasteiger partial charge in [-0.05, 0) is 25.2 Å². The Balaban J connectivity index is 1.84. The van der Waals surface area contributed by atoms with Crippen LogP contribution in [0.2, 0.25) is 0 Å². The zero-order chi connectivity index (χ0) is 11.5. The van der Waals surface area contributed by atoms with Crippen molar-refractivity contribution < 1.29 is 9.59 Å².